The van der Waals surface area contributed by atoms with E-state index < -0.39 is 0 Å². The van der Waals surface area contributed by atoms with E-state index in [-0.39, 0.29) is 18.5 Å². The molecule has 6 heteroatoms. The van der Waals surface area contributed by atoms with E-state index >= 15 is 0 Å². The summed E-state index contributed by atoms with van der Waals surface area (Å²) in [5.74, 6) is 1.81. The van der Waals surface area contributed by atoms with Crippen LogP contribution in [0.4, 0.5) is 10.5 Å². The fourth-order valence-electron chi connectivity index (χ4n) is 4.51. The van der Waals surface area contributed by atoms with Gasteiger partial charge in [-0.05, 0) is 42.7 Å². The van der Waals surface area contributed by atoms with Gasteiger partial charge in [0, 0.05) is 38.4 Å². The van der Waals surface area contributed by atoms with Crippen molar-refractivity contribution in [1.82, 2.24) is 15.5 Å². The number of allylic oxidation sites excluding steroid dienone is 2. The Kier molecular flexibility index (Phi) is 5.32. The average Bonchev–Trinajstić information content (AvgIpc) is 3.34. The Morgan fingerprint density at radius 1 is 0.963 bits per heavy atom. The monoisotopic (exact) mass is 368 g/mol. The predicted octanol–water partition coefficient (Wildman–Crippen LogP) is 1.85. The molecular weight excluding hydrogens is 340 g/mol. The van der Waals surface area contributed by atoms with Crippen LogP contribution in [0.3, 0.4) is 0 Å². The summed E-state index contributed by atoms with van der Waals surface area (Å²) in [5, 5.41) is 5.74. The summed E-state index contributed by atoms with van der Waals surface area (Å²) in [6.45, 7) is 3.72. The Morgan fingerprint density at radius 2 is 1.74 bits per heavy atom. The molecule has 3 atom stereocenters. The smallest absolute Gasteiger partial charge is 0.317 e. The molecule has 2 bridgehead atoms. The van der Waals surface area contributed by atoms with Crippen LogP contribution in [0.5, 0.6) is 0 Å². The van der Waals surface area contributed by atoms with Crippen molar-refractivity contribution in [2.75, 3.05) is 44.2 Å². The van der Waals surface area contributed by atoms with E-state index in [1.165, 1.54) is 18.5 Å². The van der Waals surface area contributed by atoms with Crippen LogP contribution in [-0.4, -0.2) is 56.1 Å². The van der Waals surface area contributed by atoms with Crippen molar-refractivity contribution in [2.24, 2.45) is 17.8 Å². The number of carbonyl (C=O) groups excluding carboxylic acids is 2. The van der Waals surface area contributed by atoms with Crippen LogP contribution >= 0.6 is 0 Å². The van der Waals surface area contributed by atoms with E-state index in [2.05, 4.69) is 39.8 Å². The maximum atomic E-state index is 12.3. The highest BCUT2D eigenvalue weighted by Crippen LogP contribution is 2.42. The van der Waals surface area contributed by atoms with Gasteiger partial charge in [-0.25, -0.2) is 4.79 Å². The van der Waals surface area contributed by atoms with Gasteiger partial charge in [-0.1, -0.05) is 30.4 Å². The molecule has 6 nitrogen and oxygen atoms in total. The second kappa shape index (κ2) is 8.03. The SMILES string of the molecule is O=C(CNC(=O)N1CCN(c2ccccc2)CC1)NCC1CC2C=CC1C2. The van der Waals surface area contributed by atoms with Crippen LogP contribution in [0.1, 0.15) is 12.8 Å². The maximum Gasteiger partial charge on any atom is 0.317 e. The fraction of sp³-hybridized carbons (Fsp3) is 0.524. The van der Waals surface area contributed by atoms with Crippen molar-refractivity contribution in [1.29, 1.82) is 0 Å². The van der Waals surface area contributed by atoms with Gasteiger partial charge >= 0.3 is 6.03 Å². The first-order valence-corrected chi connectivity index (χ1v) is 9.97. The molecule has 1 aliphatic heterocycles. The van der Waals surface area contributed by atoms with Gasteiger partial charge in [-0.2, -0.15) is 0 Å². The molecule has 1 saturated heterocycles. The molecule has 2 fully saturated rings. The number of fused-ring (bicyclic) bond motifs is 2. The van der Waals surface area contributed by atoms with E-state index in [0.29, 0.717) is 30.8 Å². The first-order valence-electron chi connectivity index (χ1n) is 9.97. The van der Waals surface area contributed by atoms with E-state index in [0.717, 1.165) is 19.6 Å². The minimum atomic E-state index is -0.152. The largest absolute Gasteiger partial charge is 0.368 e. The topological polar surface area (TPSA) is 64.7 Å². The third kappa shape index (κ3) is 4.26. The molecule has 0 radical (unpaired) electrons. The molecule has 1 saturated carbocycles. The molecular formula is C21H28N4O2. The van der Waals surface area contributed by atoms with Gasteiger partial charge in [0.25, 0.3) is 0 Å². The van der Waals surface area contributed by atoms with Crippen molar-refractivity contribution < 1.29 is 9.59 Å². The third-order valence-corrected chi connectivity index (χ3v) is 6.07. The van der Waals surface area contributed by atoms with Gasteiger partial charge in [-0.3, -0.25) is 4.79 Å². The van der Waals surface area contributed by atoms with Crippen LogP contribution in [0.2, 0.25) is 0 Å². The first kappa shape index (κ1) is 17.9. The standard InChI is InChI=1S/C21H28N4O2/c26-20(22-14-18-13-16-6-7-17(18)12-16)15-23-21(27)25-10-8-24(9-11-25)19-4-2-1-3-5-19/h1-7,16-18H,8-15H2,(H,22,26)(H,23,27). The van der Waals surface area contributed by atoms with Gasteiger partial charge in [0.1, 0.15) is 0 Å². The van der Waals surface area contributed by atoms with Crippen LogP contribution < -0.4 is 15.5 Å². The number of nitrogens with one attached hydrogen (secondary N) is 2. The molecule has 1 aromatic rings. The number of amides is 3. The van der Waals surface area contributed by atoms with Crippen molar-refractivity contribution in [3.63, 3.8) is 0 Å². The lowest BCUT2D eigenvalue weighted by atomic mass is 9.94. The zero-order valence-electron chi connectivity index (χ0n) is 15.6. The molecule has 4 rings (SSSR count). The summed E-state index contributed by atoms with van der Waals surface area (Å²) < 4.78 is 0. The summed E-state index contributed by atoms with van der Waals surface area (Å²) in [4.78, 5) is 28.4. The molecule has 3 unspecified atom stereocenters. The number of urea groups is 1. The van der Waals surface area contributed by atoms with Crippen molar-refractivity contribution in [3.05, 3.63) is 42.5 Å². The number of anilines is 1. The zero-order chi connectivity index (χ0) is 18.6. The molecule has 3 aliphatic rings. The molecule has 27 heavy (non-hydrogen) atoms. The van der Waals surface area contributed by atoms with Gasteiger partial charge in [-0.15, -0.1) is 0 Å². The fourth-order valence-corrected chi connectivity index (χ4v) is 4.51. The number of nitrogens with zero attached hydrogens (tertiary/aromatic N) is 2. The van der Waals surface area contributed by atoms with Gasteiger partial charge in [0.15, 0.2) is 0 Å². The van der Waals surface area contributed by atoms with E-state index in [1.54, 1.807) is 4.90 Å². The minimum absolute atomic E-state index is 0.0500. The predicted molar refractivity (Wildman–Crippen MR) is 105 cm³/mol. The molecule has 2 aliphatic carbocycles. The molecule has 2 N–H and O–H groups in total. The molecule has 1 heterocycles. The van der Waals surface area contributed by atoms with Crippen LogP contribution in [0, 0.1) is 17.8 Å². The second-order valence-electron chi connectivity index (χ2n) is 7.81. The Hall–Kier alpha value is -2.50. The van der Waals surface area contributed by atoms with Crippen LogP contribution in [0.25, 0.3) is 0 Å². The zero-order valence-corrected chi connectivity index (χ0v) is 15.6. The summed E-state index contributed by atoms with van der Waals surface area (Å²) in [6.07, 6.45) is 7.02. The van der Waals surface area contributed by atoms with Crippen LogP contribution in [0.15, 0.2) is 42.5 Å². The van der Waals surface area contributed by atoms with Crippen molar-refractivity contribution in [3.8, 4) is 0 Å². The number of para-hydroxylation sites is 1. The number of benzene rings is 1. The highest BCUT2D eigenvalue weighted by atomic mass is 16.2. The Morgan fingerprint density at radius 3 is 2.41 bits per heavy atom. The minimum Gasteiger partial charge on any atom is -0.368 e. The number of carbonyl (C=O) groups is 2. The highest BCUT2D eigenvalue weighted by Gasteiger charge is 2.35. The van der Waals surface area contributed by atoms with Gasteiger partial charge < -0.3 is 20.4 Å². The van der Waals surface area contributed by atoms with Crippen molar-refractivity contribution in [2.45, 2.75) is 12.8 Å². The summed E-state index contributed by atoms with van der Waals surface area (Å²) in [5.41, 5.74) is 1.19. The maximum absolute atomic E-state index is 12.3. The Bertz CT molecular complexity index is 697. The third-order valence-electron chi connectivity index (χ3n) is 6.07. The number of piperazine rings is 1. The summed E-state index contributed by atoms with van der Waals surface area (Å²) >= 11 is 0. The first-order chi connectivity index (χ1) is 13.2. The molecule has 144 valence electrons. The quantitative estimate of drug-likeness (QED) is 0.780. The lowest BCUT2D eigenvalue weighted by Crippen LogP contribution is -2.53. The van der Waals surface area contributed by atoms with E-state index in [1.807, 2.05) is 18.2 Å². The van der Waals surface area contributed by atoms with E-state index in [9.17, 15) is 9.59 Å². The molecule has 0 spiro atoms. The molecule has 3 amide bonds. The number of hydrogen-bond donors (Lipinski definition) is 2. The Labute approximate surface area is 160 Å². The summed E-state index contributed by atoms with van der Waals surface area (Å²) in [7, 11) is 0. The second-order valence-corrected chi connectivity index (χ2v) is 7.81. The highest BCUT2D eigenvalue weighted by molar-refractivity contribution is 5.84. The lowest BCUT2D eigenvalue weighted by Gasteiger charge is -2.36. The normalized spacial score (nSPS) is 26.3. The van der Waals surface area contributed by atoms with Crippen LogP contribution in [-0.2, 0) is 4.79 Å². The average molecular weight is 368 g/mol. The van der Waals surface area contributed by atoms with E-state index in [4.69, 9.17) is 0 Å². The summed E-state index contributed by atoms with van der Waals surface area (Å²) in [6, 6.07) is 10.1. The van der Waals surface area contributed by atoms with Gasteiger partial charge in [0.05, 0.1) is 6.54 Å². The molecule has 0 aromatic heterocycles. The Balaban J connectivity index is 1.14. The number of rotatable bonds is 5. The van der Waals surface area contributed by atoms with Crippen molar-refractivity contribution >= 4 is 17.6 Å². The van der Waals surface area contributed by atoms with Gasteiger partial charge in [0.2, 0.25) is 5.91 Å². The number of hydrogen-bond acceptors (Lipinski definition) is 3. The lowest BCUT2D eigenvalue weighted by molar-refractivity contribution is -0.120. The molecule has 1 aromatic carbocycles.